The molecule has 0 saturated carbocycles. The first kappa shape index (κ1) is 19.8. The summed E-state index contributed by atoms with van der Waals surface area (Å²) in [5, 5.41) is 9.99. The predicted molar refractivity (Wildman–Crippen MR) is 113 cm³/mol. The van der Waals surface area contributed by atoms with Crippen molar-refractivity contribution in [3.8, 4) is 0 Å². The molecule has 1 saturated heterocycles. The van der Waals surface area contributed by atoms with Crippen molar-refractivity contribution in [3.05, 3.63) is 53.2 Å². The standard InChI is InChI=1S/C21H24N6O3/c1-13-20(14(2)30-26-13)21(28)25-17-6-4-16(5-7-17)24-18-12-19(23-15(3)22-18)27-8-10-29-11-9-27/h4-7,12H,8-11H2,1-3H3,(H,25,28)(H,22,23,24). The highest BCUT2D eigenvalue weighted by molar-refractivity contribution is 6.05. The van der Waals surface area contributed by atoms with E-state index in [0.717, 1.165) is 30.4 Å². The van der Waals surface area contributed by atoms with E-state index in [1.54, 1.807) is 13.8 Å². The number of aromatic nitrogens is 3. The van der Waals surface area contributed by atoms with Crippen molar-refractivity contribution in [1.82, 2.24) is 15.1 Å². The Morgan fingerprint density at radius 1 is 1.03 bits per heavy atom. The molecule has 0 bridgehead atoms. The third-order valence-electron chi connectivity index (χ3n) is 4.84. The maximum Gasteiger partial charge on any atom is 0.261 e. The SMILES string of the molecule is Cc1nc(Nc2ccc(NC(=O)c3c(C)noc3C)cc2)cc(N2CCOCC2)n1. The molecule has 2 N–H and O–H groups in total. The molecule has 1 amide bonds. The highest BCUT2D eigenvalue weighted by Crippen LogP contribution is 2.22. The number of hydrogen-bond donors (Lipinski definition) is 2. The maximum atomic E-state index is 12.5. The van der Waals surface area contributed by atoms with Crippen molar-refractivity contribution < 1.29 is 14.1 Å². The van der Waals surface area contributed by atoms with Crippen LogP contribution < -0.4 is 15.5 Å². The fourth-order valence-corrected chi connectivity index (χ4v) is 3.36. The summed E-state index contributed by atoms with van der Waals surface area (Å²) in [5.41, 5.74) is 2.57. The summed E-state index contributed by atoms with van der Waals surface area (Å²) in [5.74, 6) is 2.56. The Hall–Kier alpha value is -3.46. The molecule has 0 aliphatic carbocycles. The Morgan fingerprint density at radius 3 is 2.40 bits per heavy atom. The average molecular weight is 408 g/mol. The summed E-state index contributed by atoms with van der Waals surface area (Å²) < 4.78 is 10.5. The topological polar surface area (TPSA) is 105 Å². The minimum atomic E-state index is -0.242. The summed E-state index contributed by atoms with van der Waals surface area (Å²) in [6, 6.07) is 9.36. The Kier molecular flexibility index (Phi) is 5.62. The zero-order valence-corrected chi connectivity index (χ0v) is 17.2. The molecule has 1 fully saturated rings. The van der Waals surface area contributed by atoms with Crippen molar-refractivity contribution >= 4 is 28.9 Å². The number of amides is 1. The summed E-state index contributed by atoms with van der Waals surface area (Å²) in [6.07, 6.45) is 0. The van der Waals surface area contributed by atoms with E-state index in [2.05, 4.69) is 30.7 Å². The van der Waals surface area contributed by atoms with Crippen LogP contribution in [0.3, 0.4) is 0 Å². The van der Waals surface area contributed by atoms with Crippen LogP contribution in [0.25, 0.3) is 0 Å². The Morgan fingerprint density at radius 2 is 1.73 bits per heavy atom. The molecule has 1 aliphatic rings. The van der Waals surface area contributed by atoms with Crippen LogP contribution in [0.2, 0.25) is 0 Å². The van der Waals surface area contributed by atoms with Crippen molar-refractivity contribution in [2.24, 2.45) is 0 Å². The maximum absolute atomic E-state index is 12.5. The van der Waals surface area contributed by atoms with Gasteiger partial charge in [0.2, 0.25) is 0 Å². The first-order valence-corrected chi connectivity index (χ1v) is 9.79. The van der Waals surface area contributed by atoms with Crippen LogP contribution >= 0.6 is 0 Å². The average Bonchev–Trinajstić information content (AvgIpc) is 3.08. The van der Waals surface area contributed by atoms with Gasteiger partial charge < -0.3 is 24.8 Å². The first-order valence-electron chi connectivity index (χ1n) is 9.79. The van der Waals surface area contributed by atoms with E-state index in [4.69, 9.17) is 9.26 Å². The zero-order chi connectivity index (χ0) is 21.1. The van der Waals surface area contributed by atoms with Crippen LogP contribution in [-0.2, 0) is 4.74 Å². The number of carbonyl (C=O) groups is 1. The summed E-state index contributed by atoms with van der Waals surface area (Å²) in [7, 11) is 0. The van der Waals surface area contributed by atoms with Gasteiger partial charge in [-0.2, -0.15) is 0 Å². The molecule has 0 atom stereocenters. The summed E-state index contributed by atoms with van der Waals surface area (Å²) in [6.45, 7) is 8.37. The summed E-state index contributed by atoms with van der Waals surface area (Å²) in [4.78, 5) is 23.7. The van der Waals surface area contributed by atoms with Gasteiger partial charge in [0.25, 0.3) is 5.91 Å². The summed E-state index contributed by atoms with van der Waals surface area (Å²) >= 11 is 0. The lowest BCUT2D eigenvalue weighted by molar-refractivity contribution is 0.102. The van der Waals surface area contributed by atoms with Crippen molar-refractivity contribution in [1.29, 1.82) is 0 Å². The fraction of sp³-hybridized carbons (Fsp3) is 0.333. The first-order chi connectivity index (χ1) is 14.5. The number of ether oxygens (including phenoxy) is 1. The Labute approximate surface area is 174 Å². The smallest absolute Gasteiger partial charge is 0.261 e. The molecule has 0 radical (unpaired) electrons. The number of aryl methyl sites for hydroxylation is 3. The van der Waals surface area contributed by atoms with Gasteiger partial charge in [0, 0.05) is 30.5 Å². The molecule has 2 aromatic heterocycles. The van der Waals surface area contributed by atoms with Crippen molar-refractivity contribution in [2.75, 3.05) is 41.8 Å². The number of morpholine rings is 1. The van der Waals surface area contributed by atoms with Gasteiger partial charge in [0.15, 0.2) is 0 Å². The minimum absolute atomic E-state index is 0.242. The number of nitrogens with zero attached hydrogens (tertiary/aromatic N) is 4. The van der Waals surface area contributed by atoms with E-state index in [1.165, 1.54) is 0 Å². The number of benzene rings is 1. The molecule has 4 rings (SSSR count). The van der Waals surface area contributed by atoms with Crippen LogP contribution in [0.4, 0.5) is 23.0 Å². The van der Waals surface area contributed by atoms with E-state index >= 15 is 0 Å². The quantitative estimate of drug-likeness (QED) is 0.663. The zero-order valence-electron chi connectivity index (χ0n) is 17.2. The normalized spacial score (nSPS) is 13.9. The van der Waals surface area contributed by atoms with Crippen molar-refractivity contribution in [3.63, 3.8) is 0 Å². The molecular formula is C21H24N6O3. The lowest BCUT2D eigenvalue weighted by atomic mass is 10.2. The van der Waals surface area contributed by atoms with Crippen molar-refractivity contribution in [2.45, 2.75) is 20.8 Å². The lowest BCUT2D eigenvalue weighted by Gasteiger charge is -2.28. The van der Waals surface area contributed by atoms with E-state index in [0.29, 0.717) is 41.7 Å². The van der Waals surface area contributed by atoms with Gasteiger partial charge in [-0.15, -0.1) is 0 Å². The van der Waals surface area contributed by atoms with Crippen LogP contribution in [0.5, 0.6) is 0 Å². The second-order valence-electron chi connectivity index (χ2n) is 7.11. The molecule has 1 aliphatic heterocycles. The van der Waals surface area contributed by atoms with Gasteiger partial charge in [-0.05, 0) is 45.0 Å². The predicted octanol–water partition coefficient (Wildman–Crippen LogP) is 3.22. The number of carbonyl (C=O) groups excluding carboxylic acids is 1. The fourth-order valence-electron chi connectivity index (χ4n) is 3.36. The number of anilines is 4. The second-order valence-corrected chi connectivity index (χ2v) is 7.11. The molecule has 30 heavy (non-hydrogen) atoms. The number of rotatable bonds is 5. The third-order valence-corrected chi connectivity index (χ3v) is 4.84. The molecule has 0 unspecified atom stereocenters. The van der Waals surface area contributed by atoms with Gasteiger partial charge >= 0.3 is 0 Å². The molecular weight excluding hydrogens is 384 g/mol. The number of nitrogens with one attached hydrogen (secondary N) is 2. The molecule has 0 spiro atoms. The molecule has 9 heteroatoms. The molecule has 156 valence electrons. The van der Waals surface area contributed by atoms with Crippen LogP contribution in [0.15, 0.2) is 34.9 Å². The largest absolute Gasteiger partial charge is 0.378 e. The van der Waals surface area contributed by atoms with E-state index in [9.17, 15) is 4.79 Å². The second kappa shape index (κ2) is 8.50. The van der Waals surface area contributed by atoms with Crippen LogP contribution in [0, 0.1) is 20.8 Å². The molecule has 9 nitrogen and oxygen atoms in total. The van der Waals surface area contributed by atoms with E-state index in [1.807, 2.05) is 37.3 Å². The minimum Gasteiger partial charge on any atom is -0.378 e. The van der Waals surface area contributed by atoms with Gasteiger partial charge in [-0.3, -0.25) is 4.79 Å². The Balaban J connectivity index is 1.45. The molecule has 3 aromatic rings. The highest BCUT2D eigenvalue weighted by Gasteiger charge is 2.17. The highest BCUT2D eigenvalue weighted by atomic mass is 16.5. The molecule has 3 heterocycles. The van der Waals surface area contributed by atoms with Crippen LogP contribution in [-0.4, -0.2) is 47.3 Å². The third kappa shape index (κ3) is 4.41. The van der Waals surface area contributed by atoms with Crippen LogP contribution in [0.1, 0.15) is 27.6 Å². The van der Waals surface area contributed by atoms with Gasteiger partial charge in [-0.25, -0.2) is 9.97 Å². The lowest BCUT2D eigenvalue weighted by Crippen LogP contribution is -2.36. The number of hydrogen-bond acceptors (Lipinski definition) is 8. The molecule has 1 aromatic carbocycles. The van der Waals surface area contributed by atoms with Gasteiger partial charge in [0.05, 0.1) is 18.9 Å². The monoisotopic (exact) mass is 408 g/mol. The Bertz CT molecular complexity index is 1020. The van der Waals surface area contributed by atoms with Gasteiger partial charge in [-0.1, -0.05) is 5.16 Å². The van der Waals surface area contributed by atoms with Gasteiger partial charge in [0.1, 0.15) is 28.8 Å². The van der Waals surface area contributed by atoms with E-state index in [-0.39, 0.29) is 5.91 Å². The van der Waals surface area contributed by atoms with E-state index < -0.39 is 0 Å².